The minimum absolute atomic E-state index is 0.208. The van der Waals surface area contributed by atoms with Gasteiger partial charge in [-0.25, -0.2) is 9.97 Å². The maximum atomic E-state index is 9.27. The number of hydrogen-bond acceptors (Lipinski definition) is 6. The molecule has 0 atom stereocenters. The highest BCUT2D eigenvalue weighted by Gasteiger charge is 2.13. The second-order valence-electron chi connectivity index (χ2n) is 4.16. The van der Waals surface area contributed by atoms with Crippen LogP contribution in [0.1, 0.15) is 16.7 Å². The lowest BCUT2D eigenvalue weighted by atomic mass is 10.2. The Morgan fingerprint density at radius 1 is 1.30 bits per heavy atom. The molecule has 0 bridgehead atoms. The molecule has 2 rings (SSSR count). The highest BCUT2D eigenvalue weighted by molar-refractivity contribution is 7.99. The van der Waals surface area contributed by atoms with Crippen molar-refractivity contribution >= 4 is 29.5 Å². The number of nitrogen functional groups attached to an aromatic ring is 1. The van der Waals surface area contributed by atoms with Crippen LogP contribution < -0.4 is 5.73 Å². The summed E-state index contributed by atoms with van der Waals surface area (Å²) < 4.78 is 0. The molecule has 0 aliphatic rings. The van der Waals surface area contributed by atoms with E-state index in [0.29, 0.717) is 15.6 Å². The molecule has 0 saturated carbocycles. The topological polar surface area (TPSA) is 75.6 Å². The Bertz CT molecular complexity index is 665. The predicted molar refractivity (Wildman–Crippen MR) is 83.7 cm³/mol. The normalized spacial score (nSPS) is 10.2. The van der Waals surface area contributed by atoms with Crippen molar-refractivity contribution < 1.29 is 0 Å². The average molecular weight is 302 g/mol. The smallest absolute Gasteiger partial charge is 0.222 e. The Balaban J connectivity index is 2.25. The highest BCUT2D eigenvalue weighted by atomic mass is 32.2. The van der Waals surface area contributed by atoms with Crippen LogP contribution in [-0.2, 0) is 5.75 Å². The van der Waals surface area contributed by atoms with Gasteiger partial charge in [-0.05, 0) is 18.7 Å². The van der Waals surface area contributed by atoms with Crippen molar-refractivity contribution in [2.24, 2.45) is 0 Å². The maximum Gasteiger partial charge on any atom is 0.222 e. The lowest BCUT2D eigenvalue weighted by Gasteiger charge is -2.07. The van der Waals surface area contributed by atoms with Crippen molar-refractivity contribution in [3.05, 3.63) is 41.0 Å². The first-order valence-electron chi connectivity index (χ1n) is 5.94. The molecule has 1 aromatic heterocycles. The molecule has 1 aromatic carbocycles. The lowest BCUT2D eigenvalue weighted by molar-refractivity contribution is 0.961. The molecule has 102 valence electrons. The van der Waals surface area contributed by atoms with Crippen LogP contribution in [-0.4, -0.2) is 16.2 Å². The van der Waals surface area contributed by atoms with Crippen LogP contribution in [0.3, 0.4) is 0 Å². The van der Waals surface area contributed by atoms with E-state index in [-0.39, 0.29) is 5.95 Å². The third-order valence-corrected chi connectivity index (χ3v) is 4.35. The van der Waals surface area contributed by atoms with Crippen molar-refractivity contribution in [3.8, 4) is 6.07 Å². The van der Waals surface area contributed by atoms with Crippen molar-refractivity contribution in [1.29, 1.82) is 5.26 Å². The van der Waals surface area contributed by atoms with Gasteiger partial charge in [0.25, 0.3) is 0 Å². The molecule has 4 nitrogen and oxygen atoms in total. The fraction of sp³-hybridized carbons (Fsp3) is 0.214. The summed E-state index contributed by atoms with van der Waals surface area (Å²) in [5.74, 6) is 0.959. The van der Waals surface area contributed by atoms with E-state index < -0.39 is 0 Å². The second-order valence-corrected chi connectivity index (χ2v) is 5.92. The number of thioether (sulfide) groups is 2. The van der Waals surface area contributed by atoms with Gasteiger partial charge in [0.15, 0.2) is 0 Å². The van der Waals surface area contributed by atoms with Crippen molar-refractivity contribution in [2.75, 3.05) is 12.0 Å². The number of aromatic nitrogens is 2. The zero-order valence-electron chi connectivity index (χ0n) is 11.3. The predicted octanol–water partition coefficient (Wildman–Crippen LogP) is 3.25. The Hall–Kier alpha value is -1.71. The first-order valence-corrected chi connectivity index (χ1v) is 8.15. The van der Waals surface area contributed by atoms with E-state index >= 15 is 0 Å². The molecular weight excluding hydrogens is 288 g/mol. The van der Waals surface area contributed by atoms with E-state index in [1.165, 1.54) is 34.7 Å². The van der Waals surface area contributed by atoms with Gasteiger partial charge < -0.3 is 5.73 Å². The molecule has 1 heterocycles. The van der Waals surface area contributed by atoms with Gasteiger partial charge in [-0.2, -0.15) is 5.26 Å². The SMILES string of the molecule is CSc1nc(N)nc(SCc2cccc(C)c2)c1C#N. The summed E-state index contributed by atoms with van der Waals surface area (Å²) in [6.07, 6.45) is 1.87. The summed E-state index contributed by atoms with van der Waals surface area (Å²) in [4.78, 5) is 8.27. The van der Waals surface area contributed by atoms with E-state index in [1.54, 1.807) is 0 Å². The van der Waals surface area contributed by atoms with Crippen molar-refractivity contribution in [2.45, 2.75) is 22.7 Å². The maximum absolute atomic E-state index is 9.27. The average Bonchev–Trinajstić information content (AvgIpc) is 2.44. The molecule has 2 aromatic rings. The van der Waals surface area contributed by atoms with E-state index in [0.717, 1.165) is 5.75 Å². The van der Waals surface area contributed by atoms with Crippen LogP contribution in [0.4, 0.5) is 5.95 Å². The first-order chi connectivity index (χ1) is 9.63. The summed E-state index contributed by atoms with van der Waals surface area (Å²) in [5, 5.41) is 10.5. The summed E-state index contributed by atoms with van der Waals surface area (Å²) in [6.45, 7) is 2.06. The molecule has 0 fully saturated rings. The number of hydrogen-bond donors (Lipinski definition) is 1. The molecule has 0 amide bonds. The zero-order chi connectivity index (χ0) is 14.5. The molecule has 0 saturated heterocycles. The lowest BCUT2D eigenvalue weighted by Crippen LogP contribution is -2.01. The largest absolute Gasteiger partial charge is 0.368 e. The van der Waals surface area contributed by atoms with Crippen LogP contribution in [0.15, 0.2) is 34.3 Å². The van der Waals surface area contributed by atoms with Gasteiger partial charge in [-0.1, -0.05) is 29.8 Å². The Kier molecular flexibility index (Phi) is 4.88. The Morgan fingerprint density at radius 3 is 2.70 bits per heavy atom. The van der Waals surface area contributed by atoms with Crippen LogP contribution in [0.5, 0.6) is 0 Å². The van der Waals surface area contributed by atoms with E-state index in [1.807, 2.05) is 12.3 Å². The van der Waals surface area contributed by atoms with Crippen LogP contribution in [0, 0.1) is 18.3 Å². The molecule has 20 heavy (non-hydrogen) atoms. The fourth-order valence-electron chi connectivity index (χ4n) is 1.74. The Labute approximate surface area is 126 Å². The number of rotatable bonds is 4. The van der Waals surface area contributed by atoms with Crippen LogP contribution in [0.2, 0.25) is 0 Å². The summed E-state index contributed by atoms with van der Waals surface area (Å²) in [6, 6.07) is 10.4. The first kappa shape index (κ1) is 14.7. The number of aryl methyl sites for hydroxylation is 1. The summed E-state index contributed by atoms with van der Waals surface area (Å²) in [7, 11) is 0. The number of nitrogens with zero attached hydrogens (tertiary/aromatic N) is 3. The second kappa shape index (κ2) is 6.64. The summed E-state index contributed by atoms with van der Waals surface area (Å²) >= 11 is 2.92. The molecule has 0 radical (unpaired) electrons. The van der Waals surface area contributed by atoms with E-state index in [9.17, 15) is 5.26 Å². The molecule has 0 spiro atoms. The van der Waals surface area contributed by atoms with Gasteiger partial charge in [0.1, 0.15) is 21.7 Å². The van der Waals surface area contributed by atoms with Gasteiger partial charge in [-0.15, -0.1) is 23.5 Å². The minimum Gasteiger partial charge on any atom is -0.368 e. The van der Waals surface area contributed by atoms with Gasteiger partial charge in [0, 0.05) is 5.75 Å². The molecule has 0 aliphatic heterocycles. The number of nitrogens with two attached hydrogens (primary N) is 1. The van der Waals surface area contributed by atoms with Gasteiger partial charge >= 0.3 is 0 Å². The van der Waals surface area contributed by atoms with Crippen LogP contribution >= 0.6 is 23.5 Å². The molecule has 2 N–H and O–H groups in total. The van der Waals surface area contributed by atoms with Crippen LogP contribution in [0.25, 0.3) is 0 Å². The van der Waals surface area contributed by atoms with E-state index in [2.05, 4.69) is 41.2 Å². The fourth-order valence-corrected chi connectivity index (χ4v) is 3.26. The number of anilines is 1. The van der Waals surface area contributed by atoms with Crippen molar-refractivity contribution in [1.82, 2.24) is 9.97 Å². The third kappa shape index (κ3) is 3.44. The van der Waals surface area contributed by atoms with Gasteiger partial charge in [0.05, 0.1) is 0 Å². The zero-order valence-corrected chi connectivity index (χ0v) is 12.9. The highest BCUT2D eigenvalue weighted by Crippen LogP contribution is 2.29. The standard InChI is InChI=1S/C14H14N4S2/c1-9-4-3-5-10(6-9)8-20-13-11(7-15)12(19-2)17-14(16)18-13/h3-6H,8H2,1-2H3,(H2,16,17,18). The van der Waals surface area contributed by atoms with Crippen molar-refractivity contribution in [3.63, 3.8) is 0 Å². The third-order valence-electron chi connectivity index (χ3n) is 2.62. The van der Waals surface area contributed by atoms with Gasteiger partial charge in [-0.3, -0.25) is 0 Å². The monoisotopic (exact) mass is 302 g/mol. The Morgan fingerprint density at radius 2 is 2.05 bits per heavy atom. The minimum atomic E-state index is 0.208. The van der Waals surface area contributed by atoms with E-state index in [4.69, 9.17) is 5.73 Å². The quantitative estimate of drug-likeness (QED) is 0.690. The molecule has 6 heteroatoms. The number of benzene rings is 1. The van der Waals surface area contributed by atoms with Gasteiger partial charge in [0.2, 0.25) is 5.95 Å². The molecule has 0 unspecified atom stereocenters. The number of nitriles is 1. The molecule has 0 aliphatic carbocycles. The molecular formula is C14H14N4S2. The summed E-state index contributed by atoms with van der Waals surface area (Å²) in [5.41, 5.74) is 8.61.